The van der Waals surface area contributed by atoms with Crippen LogP contribution in [0.3, 0.4) is 0 Å². The maximum absolute atomic E-state index is 12.5. The first-order valence-electron chi connectivity index (χ1n) is 8.25. The highest BCUT2D eigenvalue weighted by Crippen LogP contribution is 2.26. The van der Waals surface area contributed by atoms with E-state index in [1.54, 1.807) is 38.5 Å². The van der Waals surface area contributed by atoms with Crippen LogP contribution >= 0.6 is 0 Å². The number of amides is 1. The molecule has 140 valence electrons. The quantitative estimate of drug-likeness (QED) is 0.689. The Morgan fingerprint density at radius 1 is 1.00 bits per heavy atom. The molecule has 3 rings (SSSR count). The Balaban J connectivity index is 1.69. The molecule has 0 atom stereocenters. The molecular weight excluding hydrogens is 348 g/mol. The van der Waals surface area contributed by atoms with Crippen LogP contribution in [-0.4, -0.2) is 32.4 Å². The van der Waals surface area contributed by atoms with Crippen LogP contribution in [0.1, 0.15) is 16.1 Å². The van der Waals surface area contributed by atoms with Gasteiger partial charge in [0.25, 0.3) is 5.91 Å². The van der Waals surface area contributed by atoms with Gasteiger partial charge in [0.2, 0.25) is 0 Å². The number of rotatable bonds is 7. The summed E-state index contributed by atoms with van der Waals surface area (Å²) in [4.78, 5) is 12.5. The summed E-state index contributed by atoms with van der Waals surface area (Å²) in [7, 11) is 4.66. The lowest BCUT2D eigenvalue weighted by molar-refractivity contribution is 0.0947. The summed E-state index contributed by atoms with van der Waals surface area (Å²) in [6.07, 6.45) is 0. The fraction of sp³-hybridized carbons (Fsp3) is 0.200. The lowest BCUT2D eigenvalue weighted by Gasteiger charge is -2.10. The van der Waals surface area contributed by atoms with Crippen molar-refractivity contribution in [3.8, 4) is 28.6 Å². The maximum atomic E-state index is 12.5. The number of hydrogen-bond acceptors (Lipinski definition) is 6. The van der Waals surface area contributed by atoms with Crippen molar-refractivity contribution in [2.75, 3.05) is 21.3 Å². The zero-order valence-corrected chi connectivity index (χ0v) is 15.3. The molecular formula is C20H20N2O5. The highest BCUT2D eigenvalue weighted by molar-refractivity contribution is 5.97. The van der Waals surface area contributed by atoms with Crippen molar-refractivity contribution >= 4 is 5.91 Å². The van der Waals surface area contributed by atoms with E-state index in [1.165, 1.54) is 7.11 Å². The van der Waals surface area contributed by atoms with Gasteiger partial charge in [0, 0.05) is 17.7 Å². The largest absolute Gasteiger partial charge is 0.497 e. The van der Waals surface area contributed by atoms with Crippen LogP contribution in [0.25, 0.3) is 11.3 Å². The zero-order chi connectivity index (χ0) is 19.2. The van der Waals surface area contributed by atoms with Crippen LogP contribution in [0.5, 0.6) is 17.2 Å². The molecule has 0 aliphatic carbocycles. The molecule has 0 bridgehead atoms. The lowest BCUT2D eigenvalue weighted by atomic mass is 10.1. The van der Waals surface area contributed by atoms with Crippen LogP contribution in [0.2, 0.25) is 0 Å². The van der Waals surface area contributed by atoms with Crippen LogP contribution in [0.4, 0.5) is 0 Å². The minimum Gasteiger partial charge on any atom is -0.497 e. The number of hydrogen-bond donors (Lipinski definition) is 1. The van der Waals surface area contributed by atoms with E-state index in [1.807, 2.05) is 24.3 Å². The van der Waals surface area contributed by atoms with E-state index in [0.717, 1.165) is 11.3 Å². The molecule has 0 saturated heterocycles. The maximum Gasteiger partial charge on any atom is 0.255 e. The Hall–Kier alpha value is -3.48. The fourth-order valence-electron chi connectivity index (χ4n) is 2.56. The average molecular weight is 368 g/mol. The molecule has 0 spiro atoms. The molecule has 0 fully saturated rings. The van der Waals surface area contributed by atoms with Gasteiger partial charge in [0.1, 0.15) is 22.9 Å². The molecule has 0 aliphatic rings. The Labute approximate surface area is 156 Å². The van der Waals surface area contributed by atoms with Crippen LogP contribution < -0.4 is 19.5 Å². The summed E-state index contributed by atoms with van der Waals surface area (Å²) >= 11 is 0. The summed E-state index contributed by atoms with van der Waals surface area (Å²) in [6, 6.07) is 14.3. The second-order valence-corrected chi connectivity index (χ2v) is 5.66. The lowest BCUT2D eigenvalue weighted by Crippen LogP contribution is -2.23. The first-order chi connectivity index (χ1) is 13.1. The number of nitrogens with zero attached hydrogens (tertiary/aromatic N) is 1. The van der Waals surface area contributed by atoms with E-state index in [4.69, 9.17) is 18.7 Å². The molecule has 0 unspecified atom stereocenters. The summed E-state index contributed by atoms with van der Waals surface area (Å²) in [6.45, 7) is 0.224. The first kappa shape index (κ1) is 18.3. The number of carbonyl (C=O) groups is 1. The topological polar surface area (TPSA) is 82.8 Å². The third-order valence-electron chi connectivity index (χ3n) is 4.00. The van der Waals surface area contributed by atoms with Crippen molar-refractivity contribution < 1.29 is 23.5 Å². The minimum atomic E-state index is -0.277. The molecule has 1 aromatic heterocycles. The number of carbonyl (C=O) groups excluding carboxylic acids is 1. The molecule has 27 heavy (non-hydrogen) atoms. The Morgan fingerprint density at radius 3 is 2.52 bits per heavy atom. The monoisotopic (exact) mass is 368 g/mol. The Bertz CT molecular complexity index is 936. The van der Waals surface area contributed by atoms with Crippen molar-refractivity contribution in [3.63, 3.8) is 0 Å². The first-order valence-corrected chi connectivity index (χ1v) is 8.25. The van der Waals surface area contributed by atoms with Gasteiger partial charge in [-0.25, -0.2) is 0 Å². The van der Waals surface area contributed by atoms with Gasteiger partial charge in [-0.2, -0.15) is 0 Å². The summed E-state index contributed by atoms with van der Waals surface area (Å²) in [5, 5.41) is 6.81. The molecule has 0 saturated carbocycles. The molecule has 1 amide bonds. The zero-order valence-electron chi connectivity index (χ0n) is 15.3. The van der Waals surface area contributed by atoms with Gasteiger partial charge in [0.05, 0.1) is 33.4 Å². The van der Waals surface area contributed by atoms with E-state index in [2.05, 4.69) is 10.5 Å². The number of methoxy groups -OCH3 is 3. The molecule has 3 aromatic rings. The molecule has 0 aliphatic heterocycles. The molecule has 2 aromatic carbocycles. The molecule has 7 heteroatoms. The van der Waals surface area contributed by atoms with E-state index in [0.29, 0.717) is 28.5 Å². The second kappa shape index (κ2) is 8.27. The number of benzene rings is 2. The predicted octanol–water partition coefficient (Wildman–Crippen LogP) is 3.30. The molecule has 1 N–H and O–H groups in total. The average Bonchev–Trinajstić information content (AvgIpc) is 3.20. The van der Waals surface area contributed by atoms with Gasteiger partial charge in [-0.05, 0) is 24.3 Å². The summed E-state index contributed by atoms with van der Waals surface area (Å²) < 4.78 is 21.0. The molecule has 0 radical (unpaired) electrons. The van der Waals surface area contributed by atoms with Crippen LogP contribution in [0.15, 0.2) is 53.1 Å². The van der Waals surface area contributed by atoms with Crippen molar-refractivity contribution in [3.05, 3.63) is 59.8 Å². The standard InChI is InChI=1S/C20H20N2O5/c1-24-15-6-4-5-13(9-15)18-10-14(22-27-18)12-21-20(23)17-8-7-16(25-2)11-19(17)26-3/h4-11H,12H2,1-3H3,(H,21,23). The van der Waals surface area contributed by atoms with E-state index >= 15 is 0 Å². The van der Waals surface area contributed by atoms with E-state index in [-0.39, 0.29) is 12.5 Å². The normalized spacial score (nSPS) is 10.3. The molecule has 7 nitrogen and oxygen atoms in total. The van der Waals surface area contributed by atoms with Crippen LogP contribution in [-0.2, 0) is 6.54 Å². The van der Waals surface area contributed by atoms with E-state index < -0.39 is 0 Å². The fourth-order valence-corrected chi connectivity index (χ4v) is 2.56. The number of aromatic nitrogens is 1. The van der Waals surface area contributed by atoms with Crippen LogP contribution in [0, 0.1) is 0 Å². The third kappa shape index (κ3) is 4.20. The summed E-state index contributed by atoms with van der Waals surface area (Å²) in [5.74, 6) is 2.10. The minimum absolute atomic E-state index is 0.224. The SMILES string of the molecule is COc1cccc(-c2cc(CNC(=O)c3ccc(OC)cc3OC)no2)c1. The van der Waals surface area contributed by atoms with Gasteiger partial charge < -0.3 is 24.1 Å². The third-order valence-corrected chi connectivity index (χ3v) is 4.00. The van der Waals surface area contributed by atoms with Gasteiger partial charge in [-0.1, -0.05) is 17.3 Å². The van der Waals surface area contributed by atoms with Gasteiger partial charge in [-0.3, -0.25) is 4.79 Å². The molecule has 1 heterocycles. The summed E-state index contributed by atoms with van der Waals surface area (Å²) in [5.41, 5.74) is 1.86. The van der Waals surface area contributed by atoms with Crippen molar-refractivity contribution in [2.45, 2.75) is 6.54 Å². The smallest absolute Gasteiger partial charge is 0.255 e. The van der Waals surface area contributed by atoms with Gasteiger partial charge in [-0.15, -0.1) is 0 Å². The van der Waals surface area contributed by atoms with E-state index in [9.17, 15) is 4.79 Å². The van der Waals surface area contributed by atoms with Gasteiger partial charge in [0.15, 0.2) is 5.76 Å². The second-order valence-electron chi connectivity index (χ2n) is 5.66. The Morgan fingerprint density at radius 2 is 1.78 bits per heavy atom. The van der Waals surface area contributed by atoms with Crippen molar-refractivity contribution in [1.29, 1.82) is 0 Å². The van der Waals surface area contributed by atoms with Crippen molar-refractivity contribution in [2.24, 2.45) is 0 Å². The highest BCUT2D eigenvalue weighted by Gasteiger charge is 2.14. The number of ether oxygens (including phenoxy) is 3. The Kier molecular flexibility index (Phi) is 5.61. The van der Waals surface area contributed by atoms with Gasteiger partial charge >= 0.3 is 0 Å². The van der Waals surface area contributed by atoms with Crippen molar-refractivity contribution in [1.82, 2.24) is 10.5 Å². The predicted molar refractivity (Wildman–Crippen MR) is 99.2 cm³/mol. The number of nitrogens with one attached hydrogen (secondary N) is 1. The highest BCUT2D eigenvalue weighted by atomic mass is 16.5.